The monoisotopic (exact) mass is 247 g/mol. The van der Waals surface area contributed by atoms with Gasteiger partial charge in [-0.3, -0.25) is 4.98 Å². The summed E-state index contributed by atoms with van der Waals surface area (Å²) in [6, 6.07) is 0. The minimum Gasteiger partial charge on any atom is -0.368 e. The Balaban J connectivity index is 1.71. The molecule has 1 aliphatic rings. The van der Waals surface area contributed by atoms with E-state index in [-0.39, 0.29) is 0 Å². The van der Waals surface area contributed by atoms with Crippen LogP contribution in [0.3, 0.4) is 0 Å². The number of anilines is 1. The van der Waals surface area contributed by atoms with Gasteiger partial charge in [0.25, 0.3) is 0 Å². The number of hydrogen-bond donors (Lipinski definition) is 2. The Labute approximate surface area is 105 Å². The lowest BCUT2D eigenvalue weighted by atomic mass is 9.96. The van der Waals surface area contributed by atoms with Gasteiger partial charge in [-0.25, -0.2) is 0 Å². The van der Waals surface area contributed by atoms with Gasteiger partial charge in [-0.2, -0.15) is 4.52 Å². The quantitative estimate of drug-likeness (QED) is 0.807. The zero-order valence-corrected chi connectivity index (χ0v) is 10.2. The van der Waals surface area contributed by atoms with Crippen LogP contribution in [0, 0.1) is 11.8 Å². The molecule has 7 heteroatoms. The highest BCUT2D eigenvalue weighted by Crippen LogP contribution is 2.30. The van der Waals surface area contributed by atoms with Crippen molar-refractivity contribution in [2.24, 2.45) is 17.6 Å². The van der Waals surface area contributed by atoms with Crippen molar-refractivity contribution in [1.29, 1.82) is 0 Å². The summed E-state index contributed by atoms with van der Waals surface area (Å²) in [6.07, 6.45) is 7.16. The van der Waals surface area contributed by atoms with E-state index in [1.165, 1.54) is 19.3 Å². The predicted octanol–water partition coefficient (Wildman–Crippen LogP) is 0.306. The van der Waals surface area contributed by atoms with Crippen molar-refractivity contribution >= 4 is 11.5 Å². The summed E-state index contributed by atoms with van der Waals surface area (Å²) < 4.78 is 1.67. The second-order valence-electron chi connectivity index (χ2n) is 4.81. The Bertz CT molecular complexity index is 523. The van der Waals surface area contributed by atoms with E-state index in [1.807, 2.05) is 0 Å². The summed E-state index contributed by atoms with van der Waals surface area (Å²) in [4.78, 5) is 4.12. The molecule has 0 saturated heterocycles. The molecule has 2 atom stereocenters. The minimum atomic E-state index is 0.638. The summed E-state index contributed by atoms with van der Waals surface area (Å²) in [5.41, 5.74) is 6.44. The number of nitrogens with two attached hydrogens (primary N) is 1. The van der Waals surface area contributed by atoms with Gasteiger partial charge in [0, 0.05) is 6.54 Å². The van der Waals surface area contributed by atoms with Gasteiger partial charge in [-0.1, -0.05) is 6.42 Å². The molecule has 18 heavy (non-hydrogen) atoms. The summed E-state index contributed by atoms with van der Waals surface area (Å²) in [5.74, 6) is 2.11. The van der Waals surface area contributed by atoms with Crippen LogP contribution in [0.4, 0.5) is 5.82 Å². The van der Waals surface area contributed by atoms with Gasteiger partial charge in [0.05, 0.1) is 12.4 Å². The molecule has 3 rings (SSSR count). The van der Waals surface area contributed by atoms with Crippen LogP contribution in [-0.4, -0.2) is 38.1 Å². The molecule has 2 aromatic heterocycles. The lowest BCUT2D eigenvalue weighted by Gasteiger charge is -2.18. The number of aromatic nitrogens is 5. The van der Waals surface area contributed by atoms with Crippen molar-refractivity contribution in [3.8, 4) is 0 Å². The van der Waals surface area contributed by atoms with Crippen LogP contribution in [0.2, 0.25) is 0 Å². The average molecular weight is 247 g/mol. The van der Waals surface area contributed by atoms with E-state index in [2.05, 4.69) is 25.8 Å². The fourth-order valence-corrected chi connectivity index (χ4v) is 2.72. The van der Waals surface area contributed by atoms with E-state index < -0.39 is 0 Å². The van der Waals surface area contributed by atoms with Gasteiger partial charge < -0.3 is 11.1 Å². The van der Waals surface area contributed by atoms with Crippen LogP contribution in [-0.2, 0) is 0 Å². The van der Waals surface area contributed by atoms with Crippen molar-refractivity contribution in [1.82, 2.24) is 25.0 Å². The molecule has 0 bridgehead atoms. The summed E-state index contributed by atoms with van der Waals surface area (Å²) >= 11 is 0. The van der Waals surface area contributed by atoms with Crippen molar-refractivity contribution in [2.45, 2.75) is 19.3 Å². The lowest BCUT2D eigenvalue weighted by Crippen LogP contribution is -2.25. The third-order valence-electron chi connectivity index (χ3n) is 3.77. The molecular formula is C11H17N7. The molecule has 2 aromatic rings. The fourth-order valence-electron chi connectivity index (χ4n) is 2.72. The van der Waals surface area contributed by atoms with Crippen molar-refractivity contribution in [3.63, 3.8) is 0 Å². The Morgan fingerprint density at radius 1 is 1.33 bits per heavy atom. The van der Waals surface area contributed by atoms with Crippen molar-refractivity contribution in [3.05, 3.63) is 12.4 Å². The third kappa shape index (κ3) is 2.01. The molecule has 0 aromatic carbocycles. The second kappa shape index (κ2) is 4.85. The topological polar surface area (TPSA) is 94.0 Å². The van der Waals surface area contributed by atoms with Gasteiger partial charge in [0.15, 0.2) is 5.65 Å². The number of rotatable bonds is 4. The molecule has 1 saturated carbocycles. The first-order chi connectivity index (χ1) is 8.88. The van der Waals surface area contributed by atoms with Crippen LogP contribution in [0.1, 0.15) is 19.3 Å². The van der Waals surface area contributed by atoms with Gasteiger partial charge >= 0.3 is 0 Å². The van der Waals surface area contributed by atoms with E-state index in [1.54, 1.807) is 16.9 Å². The number of nitrogens with one attached hydrogen (secondary N) is 1. The molecule has 7 nitrogen and oxygen atoms in total. The van der Waals surface area contributed by atoms with E-state index in [9.17, 15) is 0 Å². The zero-order chi connectivity index (χ0) is 12.4. The second-order valence-corrected chi connectivity index (χ2v) is 4.81. The van der Waals surface area contributed by atoms with Crippen molar-refractivity contribution in [2.75, 3.05) is 18.4 Å². The van der Waals surface area contributed by atoms with Crippen LogP contribution >= 0.6 is 0 Å². The maximum absolute atomic E-state index is 5.79. The standard InChI is InChI=1S/C11H17N7/c12-4-8-2-1-3-9(8)5-14-10-6-13-7-11-15-16-17-18(10)11/h6-9,14H,1-5,12H2. The lowest BCUT2D eigenvalue weighted by molar-refractivity contribution is 0.414. The highest BCUT2D eigenvalue weighted by Gasteiger charge is 2.25. The summed E-state index contributed by atoms with van der Waals surface area (Å²) in [6.45, 7) is 1.68. The molecule has 2 unspecified atom stereocenters. The first-order valence-electron chi connectivity index (χ1n) is 6.34. The Hall–Kier alpha value is -1.76. The van der Waals surface area contributed by atoms with Gasteiger partial charge in [0.1, 0.15) is 5.82 Å². The Morgan fingerprint density at radius 3 is 3.11 bits per heavy atom. The maximum atomic E-state index is 5.79. The number of nitrogens with zero attached hydrogens (tertiary/aromatic N) is 5. The normalized spacial score (nSPS) is 23.6. The van der Waals surface area contributed by atoms with Gasteiger partial charge in [-0.05, 0) is 41.6 Å². The molecular weight excluding hydrogens is 230 g/mol. The van der Waals surface area contributed by atoms with E-state index in [4.69, 9.17) is 5.73 Å². The molecule has 96 valence electrons. The minimum absolute atomic E-state index is 0.638. The van der Waals surface area contributed by atoms with Gasteiger partial charge in [-0.15, -0.1) is 5.10 Å². The SMILES string of the molecule is NCC1CCCC1CNc1cncc2nnnn12. The predicted molar refractivity (Wildman–Crippen MR) is 67.0 cm³/mol. The number of fused-ring (bicyclic) bond motifs is 1. The Kier molecular flexibility index (Phi) is 3.06. The number of tetrazole rings is 1. The number of hydrogen-bond acceptors (Lipinski definition) is 6. The molecule has 1 aliphatic carbocycles. The first kappa shape index (κ1) is 11.3. The van der Waals surface area contributed by atoms with Crippen LogP contribution < -0.4 is 11.1 Å². The molecule has 1 fully saturated rings. The fraction of sp³-hybridized carbons (Fsp3) is 0.636. The largest absolute Gasteiger partial charge is 0.368 e. The third-order valence-corrected chi connectivity index (χ3v) is 3.77. The van der Waals surface area contributed by atoms with E-state index in [0.29, 0.717) is 17.5 Å². The van der Waals surface area contributed by atoms with Crippen LogP contribution in [0.25, 0.3) is 5.65 Å². The first-order valence-corrected chi connectivity index (χ1v) is 6.34. The smallest absolute Gasteiger partial charge is 0.199 e. The highest BCUT2D eigenvalue weighted by molar-refractivity contribution is 5.43. The summed E-state index contributed by atoms with van der Waals surface area (Å²) in [7, 11) is 0. The zero-order valence-electron chi connectivity index (χ0n) is 10.2. The molecule has 0 radical (unpaired) electrons. The van der Waals surface area contributed by atoms with Gasteiger partial charge in [0.2, 0.25) is 0 Å². The van der Waals surface area contributed by atoms with Crippen molar-refractivity contribution < 1.29 is 0 Å². The summed E-state index contributed by atoms with van der Waals surface area (Å²) in [5, 5.41) is 14.8. The highest BCUT2D eigenvalue weighted by atomic mass is 15.5. The molecule has 0 spiro atoms. The van der Waals surface area contributed by atoms with E-state index in [0.717, 1.165) is 18.9 Å². The molecule has 2 heterocycles. The average Bonchev–Trinajstić information content (AvgIpc) is 3.04. The maximum Gasteiger partial charge on any atom is 0.199 e. The van der Waals surface area contributed by atoms with Crippen LogP contribution in [0.5, 0.6) is 0 Å². The van der Waals surface area contributed by atoms with E-state index >= 15 is 0 Å². The molecule has 0 amide bonds. The Morgan fingerprint density at radius 2 is 2.22 bits per heavy atom. The molecule has 3 N–H and O–H groups in total. The van der Waals surface area contributed by atoms with Crippen LogP contribution in [0.15, 0.2) is 12.4 Å². The molecule has 0 aliphatic heterocycles.